The predicted molar refractivity (Wildman–Crippen MR) is 99.6 cm³/mol. The molecule has 2 fully saturated rings. The minimum Gasteiger partial charge on any atom is -0.315 e. The number of aliphatic imine (C=N–C) groups is 1. The molecule has 5 nitrogen and oxygen atoms in total. The van der Waals surface area contributed by atoms with Gasteiger partial charge in [-0.2, -0.15) is 4.99 Å². The third-order valence-corrected chi connectivity index (χ3v) is 7.57. The molecule has 2 heterocycles. The van der Waals surface area contributed by atoms with Gasteiger partial charge in [0.1, 0.15) is 0 Å². The van der Waals surface area contributed by atoms with Crippen LogP contribution in [0.4, 0.5) is 5.69 Å². The van der Waals surface area contributed by atoms with Gasteiger partial charge in [0.25, 0.3) is 0 Å². The maximum atomic E-state index is 12.0. The van der Waals surface area contributed by atoms with Gasteiger partial charge in [-0.05, 0) is 31.9 Å². The Morgan fingerprint density at radius 2 is 2.08 bits per heavy atom. The minimum atomic E-state index is -3.03. The maximum Gasteiger partial charge on any atom is 0.248 e. The van der Waals surface area contributed by atoms with Crippen molar-refractivity contribution in [3.63, 3.8) is 0 Å². The number of hydrogen-bond acceptors (Lipinski definition) is 4. The molecule has 2 saturated heterocycles. The van der Waals surface area contributed by atoms with Crippen molar-refractivity contribution in [2.45, 2.75) is 44.9 Å². The van der Waals surface area contributed by atoms with Gasteiger partial charge in [-0.15, -0.1) is 0 Å². The van der Waals surface area contributed by atoms with Crippen molar-refractivity contribution >= 4 is 38.4 Å². The normalized spacial score (nSPS) is 26.8. The average Bonchev–Trinajstić information content (AvgIpc) is 2.91. The Hall–Kier alpha value is -1.34. The molecule has 130 valence electrons. The van der Waals surface area contributed by atoms with Gasteiger partial charge in [0, 0.05) is 17.4 Å². The van der Waals surface area contributed by atoms with Crippen molar-refractivity contribution in [2.75, 3.05) is 16.4 Å². The van der Waals surface area contributed by atoms with Gasteiger partial charge < -0.3 is 4.90 Å². The number of thioether (sulfide) groups is 1. The number of sulfone groups is 1. The predicted octanol–water partition coefficient (Wildman–Crippen LogP) is 2.70. The highest BCUT2D eigenvalue weighted by molar-refractivity contribution is 8.16. The first-order valence-corrected chi connectivity index (χ1v) is 10.9. The molecule has 3 rings (SSSR count). The van der Waals surface area contributed by atoms with Gasteiger partial charge in [-0.1, -0.05) is 36.4 Å². The summed E-state index contributed by atoms with van der Waals surface area (Å²) in [4.78, 5) is 18.3. The molecular weight excluding hydrogens is 344 g/mol. The quantitative estimate of drug-likeness (QED) is 0.823. The topological polar surface area (TPSA) is 66.8 Å². The summed E-state index contributed by atoms with van der Waals surface area (Å²) in [5.41, 5.74) is 3.16. The molecule has 0 aromatic heterocycles. The van der Waals surface area contributed by atoms with Crippen LogP contribution in [0.2, 0.25) is 0 Å². The highest BCUT2D eigenvalue weighted by Gasteiger charge is 2.49. The molecule has 24 heavy (non-hydrogen) atoms. The van der Waals surface area contributed by atoms with Crippen molar-refractivity contribution in [1.82, 2.24) is 0 Å². The fourth-order valence-corrected chi connectivity index (χ4v) is 7.22. The fourth-order valence-electron chi connectivity index (χ4n) is 3.30. The molecule has 0 radical (unpaired) electrons. The Morgan fingerprint density at radius 3 is 2.75 bits per heavy atom. The summed E-state index contributed by atoms with van der Waals surface area (Å²) in [7, 11) is -3.03. The zero-order chi connectivity index (χ0) is 17.5. The number of aryl methyl sites for hydroxylation is 2. The molecule has 0 unspecified atom stereocenters. The van der Waals surface area contributed by atoms with Gasteiger partial charge in [0.15, 0.2) is 15.0 Å². The Bertz CT molecular complexity index is 802. The Labute approximate surface area is 147 Å². The second-order valence-electron chi connectivity index (χ2n) is 6.50. The summed E-state index contributed by atoms with van der Waals surface area (Å²) in [5.74, 6) is 0.140. The zero-order valence-electron chi connectivity index (χ0n) is 14.2. The van der Waals surface area contributed by atoms with Crippen LogP contribution in [0.15, 0.2) is 23.2 Å². The van der Waals surface area contributed by atoms with E-state index in [1.54, 1.807) is 0 Å². The fraction of sp³-hybridized carbons (Fsp3) is 0.529. The number of rotatable bonds is 3. The molecule has 1 amide bonds. The second kappa shape index (κ2) is 6.52. The number of benzene rings is 1. The Kier molecular flexibility index (Phi) is 4.75. The number of carbonyl (C=O) groups is 1. The van der Waals surface area contributed by atoms with Crippen LogP contribution in [0.5, 0.6) is 0 Å². The average molecular weight is 367 g/mol. The first-order chi connectivity index (χ1) is 11.3. The molecule has 2 aliphatic heterocycles. The second-order valence-corrected chi connectivity index (χ2v) is 9.86. The van der Waals surface area contributed by atoms with Crippen LogP contribution < -0.4 is 4.90 Å². The lowest BCUT2D eigenvalue weighted by Crippen LogP contribution is -2.38. The standard InChI is InChI=1S/C17H22N2O3S2/c1-4-5-16(20)18-17-19(13-7-6-11(2)8-12(13)3)14-9-24(21,22)10-15(14)23-17/h6-8,14-15H,4-5,9-10H2,1-3H3/t14-,15-/m1/s1. The van der Waals surface area contributed by atoms with Gasteiger partial charge in [-0.3, -0.25) is 4.79 Å². The molecule has 0 N–H and O–H groups in total. The highest BCUT2D eigenvalue weighted by atomic mass is 32.2. The van der Waals surface area contributed by atoms with Crippen LogP contribution in [0.25, 0.3) is 0 Å². The number of fused-ring (bicyclic) bond motifs is 1. The van der Waals surface area contributed by atoms with Crippen LogP contribution in [-0.2, 0) is 14.6 Å². The molecule has 0 aliphatic carbocycles. The first kappa shape index (κ1) is 17.5. The molecule has 1 aromatic rings. The van der Waals surface area contributed by atoms with E-state index in [1.807, 2.05) is 37.8 Å². The summed E-state index contributed by atoms with van der Waals surface area (Å²) < 4.78 is 24.1. The summed E-state index contributed by atoms with van der Waals surface area (Å²) in [6.45, 7) is 5.98. The minimum absolute atomic E-state index is 0.0520. The Balaban J connectivity index is 2.03. The molecule has 2 aliphatic rings. The van der Waals surface area contributed by atoms with Gasteiger partial charge in [0.2, 0.25) is 5.91 Å². The monoisotopic (exact) mass is 366 g/mol. The molecule has 1 aromatic carbocycles. The van der Waals surface area contributed by atoms with E-state index < -0.39 is 9.84 Å². The Morgan fingerprint density at radius 1 is 1.33 bits per heavy atom. The van der Waals surface area contributed by atoms with E-state index in [4.69, 9.17) is 0 Å². The van der Waals surface area contributed by atoms with Crippen LogP contribution >= 0.6 is 11.8 Å². The smallest absolute Gasteiger partial charge is 0.248 e. The van der Waals surface area contributed by atoms with Crippen molar-refractivity contribution < 1.29 is 13.2 Å². The number of hydrogen-bond donors (Lipinski definition) is 0. The number of carbonyl (C=O) groups excluding carboxylic acids is 1. The van der Waals surface area contributed by atoms with Crippen molar-refractivity contribution in [3.8, 4) is 0 Å². The van der Waals surface area contributed by atoms with E-state index in [-0.39, 0.29) is 28.7 Å². The van der Waals surface area contributed by atoms with Crippen LogP contribution in [0, 0.1) is 13.8 Å². The third-order valence-electron chi connectivity index (χ3n) is 4.36. The van der Waals surface area contributed by atoms with Gasteiger partial charge in [0.05, 0.1) is 17.5 Å². The molecule has 7 heteroatoms. The van der Waals surface area contributed by atoms with E-state index in [0.29, 0.717) is 11.6 Å². The largest absolute Gasteiger partial charge is 0.315 e. The molecule has 2 atom stereocenters. The van der Waals surface area contributed by atoms with E-state index >= 15 is 0 Å². The van der Waals surface area contributed by atoms with Crippen molar-refractivity contribution in [2.24, 2.45) is 4.99 Å². The lowest BCUT2D eigenvalue weighted by molar-refractivity contribution is -0.117. The van der Waals surface area contributed by atoms with Crippen LogP contribution in [-0.4, -0.2) is 42.3 Å². The van der Waals surface area contributed by atoms with Crippen molar-refractivity contribution in [1.29, 1.82) is 0 Å². The van der Waals surface area contributed by atoms with Gasteiger partial charge in [-0.25, -0.2) is 8.42 Å². The maximum absolute atomic E-state index is 12.0. The summed E-state index contributed by atoms with van der Waals surface area (Å²) in [6, 6.07) is 5.94. The zero-order valence-corrected chi connectivity index (χ0v) is 15.8. The van der Waals surface area contributed by atoms with E-state index in [9.17, 15) is 13.2 Å². The van der Waals surface area contributed by atoms with Crippen molar-refractivity contribution in [3.05, 3.63) is 29.3 Å². The number of amides is 1. The van der Waals surface area contributed by atoms with E-state index in [2.05, 4.69) is 11.1 Å². The lowest BCUT2D eigenvalue weighted by atomic mass is 10.1. The number of anilines is 1. The number of amidine groups is 1. The molecular formula is C17H22N2O3S2. The van der Waals surface area contributed by atoms with Crippen LogP contribution in [0.1, 0.15) is 30.9 Å². The first-order valence-electron chi connectivity index (χ1n) is 8.16. The summed E-state index contributed by atoms with van der Waals surface area (Å²) in [5, 5.41) is 0.592. The molecule has 0 spiro atoms. The molecule has 0 bridgehead atoms. The summed E-state index contributed by atoms with van der Waals surface area (Å²) >= 11 is 1.43. The van der Waals surface area contributed by atoms with Gasteiger partial charge >= 0.3 is 0 Å². The lowest BCUT2D eigenvalue weighted by Gasteiger charge is -2.26. The highest BCUT2D eigenvalue weighted by Crippen LogP contribution is 2.42. The number of nitrogens with zero attached hydrogens (tertiary/aromatic N) is 2. The summed E-state index contributed by atoms with van der Waals surface area (Å²) in [6.07, 6.45) is 1.17. The van der Waals surface area contributed by atoms with Crippen LogP contribution in [0.3, 0.4) is 0 Å². The van der Waals surface area contributed by atoms with E-state index in [1.165, 1.54) is 11.8 Å². The van der Waals surface area contributed by atoms with E-state index in [0.717, 1.165) is 23.2 Å². The molecule has 0 saturated carbocycles. The third kappa shape index (κ3) is 3.37. The SMILES string of the molecule is CCCC(=O)N=C1S[C@@H]2CS(=O)(=O)C[C@H]2N1c1ccc(C)cc1C.